The minimum atomic E-state index is -1.91. The minimum Gasteiger partial charge on any atom is -0.459 e. The molecule has 120 valence electrons. The second-order valence-electron chi connectivity index (χ2n) is 6.31. The van der Waals surface area contributed by atoms with Gasteiger partial charge in [0, 0.05) is 13.1 Å². The van der Waals surface area contributed by atoms with Crippen molar-refractivity contribution in [1.29, 1.82) is 0 Å². The van der Waals surface area contributed by atoms with Gasteiger partial charge in [0.15, 0.2) is 5.60 Å². The summed E-state index contributed by atoms with van der Waals surface area (Å²) in [5, 5.41) is 30.0. The molecule has 21 heavy (non-hydrogen) atoms. The molecule has 0 amide bonds. The largest absolute Gasteiger partial charge is 0.459 e. The topological polar surface area (TPSA) is 90.2 Å². The van der Waals surface area contributed by atoms with Gasteiger partial charge in [0.2, 0.25) is 0 Å². The molecule has 0 saturated carbocycles. The smallest absolute Gasteiger partial charge is 0.341 e. The van der Waals surface area contributed by atoms with Crippen LogP contribution in [0.1, 0.15) is 27.2 Å². The molecule has 0 aromatic heterocycles. The van der Waals surface area contributed by atoms with Gasteiger partial charge in [-0.2, -0.15) is 0 Å². The maximum Gasteiger partial charge on any atom is 0.341 e. The van der Waals surface area contributed by atoms with Gasteiger partial charge >= 0.3 is 5.97 Å². The first-order valence-corrected chi connectivity index (χ1v) is 7.47. The van der Waals surface area contributed by atoms with Crippen molar-refractivity contribution in [2.75, 3.05) is 19.7 Å². The van der Waals surface area contributed by atoms with E-state index in [1.807, 2.05) is 6.08 Å². The van der Waals surface area contributed by atoms with Gasteiger partial charge < -0.3 is 20.1 Å². The van der Waals surface area contributed by atoms with Crippen LogP contribution in [0.5, 0.6) is 0 Å². The lowest BCUT2D eigenvalue weighted by atomic mass is 9.85. The third kappa shape index (κ3) is 2.85. The standard InChI is InChI=1S/C15H25NO5/c1-9(2)15(20,10(3)17)14(19)21-8-11-4-6-16-7-5-12(18)13(11)16/h4,9-10,12-13,17-18,20H,5-8H2,1-3H3/t10?,12-,13-,15?/m1/s1. The molecule has 0 aromatic carbocycles. The van der Waals surface area contributed by atoms with E-state index < -0.39 is 29.7 Å². The molecular weight excluding hydrogens is 274 g/mol. The van der Waals surface area contributed by atoms with E-state index in [4.69, 9.17) is 4.74 Å². The van der Waals surface area contributed by atoms with Crippen molar-refractivity contribution >= 4 is 5.97 Å². The third-order valence-electron chi connectivity index (χ3n) is 4.65. The highest BCUT2D eigenvalue weighted by Gasteiger charge is 2.46. The van der Waals surface area contributed by atoms with Crippen LogP contribution in [0.3, 0.4) is 0 Å². The number of carbonyl (C=O) groups is 1. The molecule has 2 heterocycles. The maximum atomic E-state index is 12.1. The van der Waals surface area contributed by atoms with Gasteiger partial charge in [-0.3, -0.25) is 4.90 Å². The molecule has 3 N–H and O–H groups in total. The number of hydrogen-bond acceptors (Lipinski definition) is 6. The first-order chi connectivity index (χ1) is 9.78. The zero-order valence-electron chi connectivity index (χ0n) is 12.8. The van der Waals surface area contributed by atoms with Gasteiger partial charge in [-0.15, -0.1) is 0 Å². The van der Waals surface area contributed by atoms with Crippen molar-refractivity contribution in [2.24, 2.45) is 5.92 Å². The van der Waals surface area contributed by atoms with Gasteiger partial charge in [0.1, 0.15) is 6.61 Å². The summed E-state index contributed by atoms with van der Waals surface area (Å²) < 4.78 is 5.22. The van der Waals surface area contributed by atoms with Crippen LogP contribution in [0, 0.1) is 5.92 Å². The molecule has 0 aromatic rings. The summed E-state index contributed by atoms with van der Waals surface area (Å²) in [6.07, 6.45) is 1.03. The number of rotatable bonds is 5. The van der Waals surface area contributed by atoms with Crippen molar-refractivity contribution in [3.63, 3.8) is 0 Å². The number of nitrogens with zero attached hydrogens (tertiary/aromatic N) is 1. The summed E-state index contributed by atoms with van der Waals surface area (Å²) in [6.45, 7) is 6.32. The van der Waals surface area contributed by atoms with E-state index in [1.165, 1.54) is 6.92 Å². The van der Waals surface area contributed by atoms with E-state index in [-0.39, 0.29) is 12.6 Å². The SMILES string of the molecule is CC(C)C(O)(C(=O)OCC1=CCN2CC[C@@H](O)[C@@H]12)C(C)O. The monoisotopic (exact) mass is 299 g/mol. The van der Waals surface area contributed by atoms with Gasteiger partial charge in [0.05, 0.1) is 18.2 Å². The number of carbonyl (C=O) groups excluding carboxylic acids is 1. The van der Waals surface area contributed by atoms with Crippen molar-refractivity contribution in [3.8, 4) is 0 Å². The van der Waals surface area contributed by atoms with Gasteiger partial charge in [-0.1, -0.05) is 19.9 Å². The van der Waals surface area contributed by atoms with Gasteiger partial charge in [-0.05, 0) is 24.8 Å². The van der Waals surface area contributed by atoms with Crippen LogP contribution < -0.4 is 0 Å². The molecule has 0 aliphatic carbocycles. The van der Waals surface area contributed by atoms with Crippen LogP contribution in [0.25, 0.3) is 0 Å². The van der Waals surface area contributed by atoms with Gasteiger partial charge in [0.25, 0.3) is 0 Å². The maximum absolute atomic E-state index is 12.1. The quantitative estimate of drug-likeness (QED) is 0.476. The van der Waals surface area contributed by atoms with Crippen LogP contribution in [0.15, 0.2) is 11.6 Å². The Balaban J connectivity index is 1.98. The van der Waals surface area contributed by atoms with Crippen molar-refractivity contribution in [2.45, 2.75) is 51.0 Å². The lowest BCUT2D eigenvalue weighted by molar-refractivity contribution is -0.183. The predicted octanol–water partition coefficient (Wildman–Crippen LogP) is -0.327. The number of aliphatic hydroxyl groups is 3. The van der Waals surface area contributed by atoms with E-state index in [9.17, 15) is 20.1 Å². The average molecular weight is 299 g/mol. The Morgan fingerprint density at radius 1 is 1.52 bits per heavy atom. The highest BCUT2D eigenvalue weighted by molar-refractivity contribution is 5.80. The molecule has 6 heteroatoms. The number of fused-ring (bicyclic) bond motifs is 1. The number of aliphatic hydroxyl groups excluding tert-OH is 2. The molecule has 2 aliphatic heterocycles. The Morgan fingerprint density at radius 2 is 2.19 bits per heavy atom. The van der Waals surface area contributed by atoms with E-state index >= 15 is 0 Å². The molecule has 0 radical (unpaired) electrons. The molecule has 4 atom stereocenters. The number of ether oxygens (including phenoxy) is 1. The number of hydrogen-bond donors (Lipinski definition) is 3. The molecule has 6 nitrogen and oxygen atoms in total. The lowest BCUT2D eigenvalue weighted by Gasteiger charge is -2.32. The van der Waals surface area contributed by atoms with Crippen molar-refractivity contribution in [1.82, 2.24) is 4.90 Å². The van der Waals surface area contributed by atoms with Crippen LogP contribution in [0.2, 0.25) is 0 Å². The van der Waals surface area contributed by atoms with Crippen molar-refractivity contribution in [3.05, 3.63) is 11.6 Å². The Labute approximate surface area is 125 Å². The zero-order chi connectivity index (χ0) is 15.8. The van der Waals surface area contributed by atoms with Crippen LogP contribution in [0.4, 0.5) is 0 Å². The Hall–Kier alpha value is -0.950. The normalized spacial score (nSPS) is 30.0. The van der Waals surface area contributed by atoms with Crippen LogP contribution >= 0.6 is 0 Å². The van der Waals surface area contributed by atoms with E-state index in [2.05, 4.69) is 4.90 Å². The average Bonchev–Trinajstić information content (AvgIpc) is 2.98. The first-order valence-electron chi connectivity index (χ1n) is 7.47. The van der Waals surface area contributed by atoms with Crippen molar-refractivity contribution < 1.29 is 24.9 Å². The fourth-order valence-corrected chi connectivity index (χ4v) is 3.18. The van der Waals surface area contributed by atoms with E-state index in [0.717, 1.165) is 25.1 Å². The Bertz CT molecular complexity index is 424. The minimum absolute atomic E-state index is 0.0405. The second kappa shape index (κ2) is 6.04. The Kier molecular flexibility index (Phi) is 4.72. The summed E-state index contributed by atoms with van der Waals surface area (Å²) in [4.78, 5) is 14.3. The molecule has 2 aliphatic rings. The Morgan fingerprint density at radius 3 is 2.76 bits per heavy atom. The molecule has 0 spiro atoms. The second-order valence-corrected chi connectivity index (χ2v) is 6.31. The fraction of sp³-hybridized carbons (Fsp3) is 0.800. The zero-order valence-corrected chi connectivity index (χ0v) is 12.8. The number of esters is 1. The lowest BCUT2D eigenvalue weighted by Crippen LogP contribution is -2.53. The summed E-state index contributed by atoms with van der Waals surface area (Å²) in [7, 11) is 0. The molecular formula is C15H25NO5. The third-order valence-corrected chi connectivity index (χ3v) is 4.65. The van der Waals surface area contributed by atoms with Crippen LogP contribution in [-0.2, 0) is 9.53 Å². The molecule has 2 unspecified atom stereocenters. The summed E-state index contributed by atoms with van der Waals surface area (Å²) in [5.41, 5.74) is -1.04. The molecule has 0 bridgehead atoms. The molecule has 1 saturated heterocycles. The predicted molar refractivity (Wildman–Crippen MR) is 76.5 cm³/mol. The highest BCUT2D eigenvalue weighted by Crippen LogP contribution is 2.30. The van der Waals surface area contributed by atoms with Crippen LogP contribution in [-0.4, -0.2) is 69.7 Å². The van der Waals surface area contributed by atoms with E-state index in [1.54, 1.807) is 13.8 Å². The fourth-order valence-electron chi connectivity index (χ4n) is 3.18. The first kappa shape index (κ1) is 16.4. The summed E-state index contributed by atoms with van der Waals surface area (Å²) in [5.74, 6) is -1.28. The molecule has 1 fully saturated rings. The summed E-state index contributed by atoms with van der Waals surface area (Å²) >= 11 is 0. The summed E-state index contributed by atoms with van der Waals surface area (Å²) in [6, 6.07) is -0.0866. The highest BCUT2D eigenvalue weighted by atomic mass is 16.6. The van der Waals surface area contributed by atoms with Gasteiger partial charge in [-0.25, -0.2) is 4.79 Å². The molecule has 2 rings (SSSR count). The van der Waals surface area contributed by atoms with E-state index in [0.29, 0.717) is 0 Å².